The van der Waals surface area contributed by atoms with Gasteiger partial charge in [0.25, 0.3) is 11.5 Å². The largest absolute Gasteiger partial charge is 0.364 e. The molecule has 1 aromatic carbocycles. The van der Waals surface area contributed by atoms with Crippen molar-refractivity contribution in [2.24, 2.45) is 11.7 Å². The zero-order valence-electron chi connectivity index (χ0n) is 15.9. The predicted octanol–water partition coefficient (Wildman–Crippen LogP) is 0.700. The maximum atomic E-state index is 12.7. The lowest BCUT2D eigenvalue weighted by Gasteiger charge is -2.32. The molecule has 3 aromatic rings. The molecule has 1 saturated heterocycles. The van der Waals surface area contributed by atoms with Crippen LogP contribution in [0.5, 0.6) is 0 Å². The average Bonchev–Trinajstić information content (AvgIpc) is 3.20. The highest BCUT2D eigenvalue weighted by Gasteiger charge is 2.24. The van der Waals surface area contributed by atoms with E-state index in [9.17, 15) is 14.4 Å². The van der Waals surface area contributed by atoms with Crippen molar-refractivity contribution in [1.82, 2.24) is 24.6 Å². The molecule has 1 fully saturated rings. The van der Waals surface area contributed by atoms with E-state index in [1.54, 1.807) is 29.2 Å². The van der Waals surface area contributed by atoms with Gasteiger partial charge in [0, 0.05) is 18.8 Å². The summed E-state index contributed by atoms with van der Waals surface area (Å²) in [7, 11) is 0. The van der Waals surface area contributed by atoms with E-state index in [4.69, 9.17) is 5.73 Å². The van der Waals surface area contributed by atoms with E-state index < -0.39 is 5.91 Å². The molecule has 0 bridgehead atoms. The number of nitrogens with zero attached hydrogens (tertiary/aromatic N) is 4. The predicted molar refractivity (Wildman–Crippen MR) is 106 cm³/mol. The van der Waals surface area contributed by atoms with Gasteiger partial charge in [-0.2, -0.15) is 5.10 Å². The number of amides is 2. The van der Waals surface area contributed by atoms with Gasteiger partial charge in [-0.3, -0.25) is 24.0 Å². The Morgan fingerprint density at radius 3 is 2.69 bits per heavy atom. The topological polar surface area (TPSA) is 127 Å². The zero-order chi connectivity index (χ0) is 20.4. The molecule has 0 spiro atoms. The summed E-state index contributed by atoms with van der Waals surface area (Å²) < 4.78 is 1.37. The van der Waals surface area contributed by atoms with Crippen LogP contribution in [-0.4, -0.2) is 49.6 Å². The Hall–Kier alpha value is -3.49. The molecular weight excluding hydrogens is 372 g/mol. The molecule has 3 N–H and O–H groups in total. The summed E-state index contributed by atoms with van der Waals surface area (Å²) >= 11 is 0. The second-order valence-corrected chi connectivity index (χ2v) is 7.37. The SMILES string of the molecule is NC(=O)c1cc(CC2CCN(C(=O)Cn3cnc4ccccc4c3=O)CC2)[nH]n1. The Bertz CT molecular complexity index is 1110. The van der Waals surface area contributed by atoms with Gasteiger partial charge in [-0.15, -0.1) is 0 Å². The van der Waals surface area contributed by atoms with Crippen molar-refractivity contribution in [3.05, 3.63) is 58.4 Å². The number of piperidine rings is 1. The quantitative estimate of drug-likeness (QED) is 0.658. The van der Waals surface area contributed by atoms with Gasteiger partial charge >= 0.3 is 0 Å². The van der Waals surface area contributed by atoms with Crippen molar-refractivity contribution in [1.29, 1.82) is 0 Å². The van der Waals surface area contributed by atoms with E-state index >= 15 is 0 Å². The summed E-state index contributed by atoms with van der Waals surface area (Å²) in [5, 5.41) is 7.25. The first-order valence-corrected chi connectivity index (χ1v) is 9.57. The van der Waals surface area contributed by atoms with Crippen LogP contribution in [0.4, 0.5) is 0 Å². The third kappa shape index (κ3) is 4.03. The highest BCUT2D eigenvalue weighted by atomic mass is 16.2. The molecule has 1 aliphatic heterocycles. The van der Waals surface area contributed by atoms with Gasteiger partial charge in [-0.1, -0.05) is 12.1 Å². The monoisotopic (exact) mass is 394 g/mol. The van der Waals surface area contributed by atoms with Crippen LogP contribution < -0.4 is 11.3 Å². The van der Waals surface area contributed by atoms with Gasteiger partial charge in [0.15, 0.2) is 0 Å². The van der Waals surface area contributed by atoms with E-state index in [0.717, 1.165) is 25.0 Å². The number of hydrogen-bond acceptors (Lipinski definition) is 5. The molecule has 9 heteroatoms. The van der Waals surface area contributed by atoms with Gasteiger partial charge in [0.1, 0.15) is 12.2 Å². The van der Waals surface area contributed by atoms with E-state index in [1.807, 2.05) is 6.07 Å². The van der Waals surface area contributed by atoms with Crippen molar-refractivity contribution in [3.63, 3.8) is 0 Å². The Labute approximate surface area is 166 Å². The smallest absolute Gasteiger partial charge is 0.269 e. The number of primary amides is 1. The normalized spacial score (nSPS) is 15.0. The Balaban J connectivity index is 1.35. The number of para-hydroxylation sites is 1. The number of aromatic nitrogens is 4. The van der Waals surface area contributed by atoms with E-state index in [-0.39, 0.29) is 23.7 Å². The number of nitrogens with two attached hydrogens (primary N) is 1. The van der Waals surface area contributed by atoms with E-state index in [2.05, 4.69) is 15.2 Å². The summed E-state index contributed by atoms with van der Waals surface area (Å²) in [5.41, 5.74) is 6.75. The van der Waals surface area contributed by atoms with Gasteiger partial charge in [-0.25, -0.2) is 4.98 Å². The Kier molecular flexibility index (Phi) is 5.11. The first-order chi connectivity index (χ1) is 14.0. The highest BCUT2D eigenvalue weighted by molar-refractivity contribution is 5.90. The van der Waals surface area contributed by atoms with Crippen LogP contribution in [0.2, 0.25) is 0 Å². The van der Waals surface area contributed by atoms with Crippen molar-refractivity contribution in [2.45, 2.75) is 25.8 Å². The van der Waals surface area contributed by atoms with Crippen LogP contribution in [-0.2, 0) is 17.8 Å². The lowest BCUT2D eigenvalue weighted by molar-refractivity contribution is -0.133. The fourth-order valence-corrected chi connectivity index (χ4v) is 3.75. The minimum absolute atomic E-state index is 0.0101. The number of rotatable bonds is 5. The molecule has 3 heterocycles. The maximum Gasteiger partial charge on any atom is 0.269 e. The molecule has 0 saturated carbocycles. The minimum atomic E-state index is -0.550. The number of likely N-dealkylation sites (tertiary alicyclic amines) is 1. The van der Waals surface area contributed by atoms with Crippen molar-refractivity contribution in [2.75, 3.05) is 13.1 Å². The molecule has 9 nitrogen and oxygen atoms in total. The van der Waals surface area contributed by atoms with Crippen molar-refractivity contribution in [3.8, 4) is 0 Å². The Morgan fingerprint density at radius 1 is 1.21 bits per heavy atom. The molecular formula is C20H22N6O3. The number of carbonyl (C=O) groups excluding carboxylic acids is 2. The molecule has 0 aliphatic carbocycles. The van der Waals surface area contributed by atoms with Gasteiger partial charge in [-0.05, 0) is 43.4 Å². The molecule has 0 atom stereocenters. The number of benzene rings is 1. The average molecular weight is 394 g/mol. The summed E-state index contributed by atoms with van der Waals surface area (Å²) in [4.78, 5) is 42.4. The van der Waals surface area contributed by atoms with Crippen LogP contribution >= 0.6 is 0 Å². The van der Waals surface area contributed by atoms with E-state index in [0.29, 0.717) is 29.9 Å². The number of carbonyl (C=O) groups is 2. The first-order valence-electron chi connectivity index (χ1n) is 9.57. The first kappa shape index (κ1) is 18.9. The Morgan fingerprint density at radius 2 is 1.97 bits per heavy atom. The molecule has 0 unspecified atom stereocenters. The van der Waals surface area contributed by atoms with Crippen molar-refractivity contribution >= 4 is 22.7 Å². The molecule has 2 amide bonds. The molecule has 0 radical (unpaired) electrons. The lowest BCUT2D eigenvalue weighted by Crippen LogP contribution is -2.42. The van der Waals surface area contributed by atoms with Crippen molar-refractivity contribution < 1.29 is 9.59 Å². The summed E-state index contributed by atoms with van der Waals surface area (Å²) in [6.45, 7) is 1.26. The standard InChI is InChI=1S/C20H22N6O3/c21-19(28)17-10-14(23-24-17)9-13-5-7-25(8-6-13)18(27)11-26-12-22-16-4-2-1-3-15(16)20(26)29/h1-4,10,12-13H,5-9,11H2,(H2,21,28)(H,23,24). The summed E-state index contributed by atoms with van der Waals surface area (Å²) in [5.74, 6) is -0.239. The zero-order valence-corrected chi connectivity index (χ0v) is 15.9. The van der Waals surface area contributed by atoms with Crippen LogP contribution in [0.15, 0.2) is 41.5 Å². The second kappa shape index (κ2) is 7.86. The number of fused-ring (bicyclic) bond motifs is 1. The fourth-order valence-electron chi connectivity index (χ4n) is 3.75. The van der Waals surface area contributed by atoms with Crippen LogP contribution in [0, 0.1) is 5.92 Å². The summed E-state index contributed by atoms with van der Waals surface area (Å²) in [6, 6.07) is 8.79. The molecule has 1 aliphatic rings. The highest BCUT2D eigenvalue weighted by Crippen LogP contribution is 2.21. The van der Waals surface area contributed by atoms with Gasteiger partial charge in [0.05, 0.1) is 17.2 Å². The van der Waals surface area contributed by atoms with Gasteiger partial charge in [0.2, 0.25) is 5.91 Å². The van der Waals surface area contributed by atoms with Crippen LogP contribution in [0.25, 0.3) is 10.9 Å². The third-order valence-corrected chi connectivity index (χ3v) is 5.40. The molecule has 2 aromatic heterocycles. The molecule has 29 heavy (non-hydrogen) atoms. The second-order valence-electron chi connectivity index (χ2n) is 7.37. The van der Waals surface area contributed by atoms with Crippen LogP contribution in [0.1, 0.15) is 29.0 Å². The summed E-state index contributed by atoms with van der Waals surface area (Å²) in [6.07, 6.45) is 3.89. The number of H-pyrrole nitrogens is 1. The third-order valence-electron chi connectivity index (χ3n) is 5.40. The van der Waals surface area contributed by atoms with Crippen LogP contribution in [0.3, 0.4) is 0 Å². The number of hydrogen-bond donors (Lipinski definition) is 2. The van der Waals surface area contributed by atoms with Gasteiger partial charge < -0.3 is 10.6 Å². The maximum absolute atomic E-state index is 12.7. The fraction of sp³-hybridized carbons (Fsp3) is 0.350. The minimum Gasteiger partial charge on any atom is -0.364 e. The number of aromatic amines is 1. The lowest BCUT2D eigenvalue weighted by atomic mass is 9.92. The van der Waals surface area contributed by atoms with E-state index in [1.165, 1.54) is 10.9 Å². The number of nitrogens with one attached hydrogen (secondary N) is 1. The molecule has 4 rings (SSSR count). The molecule has 150 valence electrons.